The molecule has 1 heterocycles. The summed E-state index contributed by atoms with van der Waals surface area (Å²) in [7, 11) is 1.52. The Morgan fingerprint density at radius 3 is 2.61 bits per heavy atom. The van der Waals surface area contributed by atoms with Crippen molar-refractivity contribution >= 4 is 21.9 Å². The first kappa shape index (κ1) is 15.7. The van der Waals surface area contributed by atoms with Crippen LogP contribution in [0, 0.1) is 0 Å². The molecule has 5 nitrogen and oxygen atoms in total. The minimum Gasteiger partial charge on any atom is -0.496 e. The van der Waals surface area contributed by atoms with Gasteiger partial charge in [-0.3, -0.25) is 0 Å². The third-order valence-corrected chi connectivity index (χ3v) is 4.14. The summed E-state index contributed by atoms with van der Waals surface area (Å²) in [4.78, 5) is 12.2. The Labute approximate surface area is 142 Å². The van der Waals surface area contributed by atoms with Gasteiger partial charge in [0.25, 0.3) is 0 Å². The number of benzene rings is 2. The van der Waals surface area contributed by atoms with Gasteiger partial charge in [0.2, 0.25) is 0 Å². The summed E-state index contributed by atoms with van der Waals surface area (Å²) in [5.41, 5.74) is 1.20. The van der Waals surface area contributed by atoms with E-state index in [2.05, 4.69) is 15.9 Å². The molecule has 1 aliphatic rings. The van der Waals surface area contributed by atoms with Gasteiger partial charge >= 0.3 is 5.97 Å². The van der Waals surface area contributed by atoms with Crippen LogP contribution < -0.4 is 14.2 Å². The molecule has 0 amide bonds. The number of ether oxygens (including phenoxy) is 4. The summed E-state index contributed by atoms with van der Waals surface area (Å²) in [6.07, 6.45) is 0. The largest absolute Gasteiger partial charge is 0.496 e. The second-order valence-electron chi connectivity index (χ2n) is 4.86. The van der Waals surface area contributed by atoms with Crippen LogP contribution in [-0.2, 0) is 11.3 Å². The van der Waals surface area contributed by atoms with Gasteiger partial charge < -0.3 is 18.9 Å². The monoisotopic (exact) mass is 378 g/mol. The van der Waals surface area contributed by atoms with E-state index in [9.17, 15) is 4.79 Å². The van der Waals surface area contributed by atoms with Crippen LogP contribution in [0.2, 0.25) is 0 Å². The summed E-state index contributed by atoms with van der Waals surface area (Å²) in [5, 5.41) is 0. The fourth-order valence-electron chi connectivity index (χ4n) is 2.25. The highest BCUT2D eigenvalue weighted by atomic mass is 79.9. The molecule has 0 fully saturated rings. The molecule has 0 aliphatic carbocycles. The average Bonchev–Trinajstić information content (AvgIpc) is 2.59. The average molecular weight is 379 g/mol. The van der Waals surface area contributed by atoms with Crippen LogP contribution in [0.4, 0.5) is 0 Å². The third-order valence-electron chi connectivity index (χ3n) is 3.40. The molecule has 23 heavy (non-hydrogen) atoms. The van der Waals surface area contributed by atoms with E-state index in [0.29, 0.717) is 36.0 Å². The third kappa shape index (κ3) is 3.42. The Hall–Kier alpha value is -2.21. The van der Waals surface area contributed by atoms with Gasteiger partial charge in [-0.05, 0) is 24.3 Å². The predicted molar refractivity (Wildman–Crippen MR) is 87.2 cm³/mol. The van der Waals surface area contributed by atoms with E-state index in [1.165, 1.54) is 7.11 Å². The van der Waals surface area contributed by atoms with Crippen molar-refractivity contribution < 1.29 is 23.7 Å². The lowest BCUT2D eigenvalue weighted by molar-refractivity contribution is 0.0467. The van der Waals surface area contributed by atoms with Gasteiger partial charge in [0, 0.05) is 10.0 Å². The summed E-state index contributed by atoms with van der Waals surface area (Å²) < 4.78 is 22.4. The van der Waals surface area contributed by atoms with Crippen LogP contribution in [-0.4, -0.2) is 26.3 Å². The number of carbonyl (C=O) groups excluding carboxylic acids is 1. The molecule has 2 aromatic carbocycles. The van der Waals surface area contributed by atoms with Crippen LogP contribution in [0.3, 0.4) is 0 Å². The molecule has 0 saturated heterocycles. The maximum Gasteiger partial charge on any atom is 0.342 e. The first-order valence-electron chi connectivity index (χ1n) is 7.07. The van der Waals surface area contributed by atoms with E-state index in [1.54, 1.807) is 24.3 Å². The number of fused-ring (bicyclic) bond motifs is 1. The van der Waals surface area contributed by atoms with Gasteiger partial charge in [0.15, 0.2) is 11.5 Å². The van der Waals surface area contributed by atoms with Crippen LogP contribution in [0.25, 0.3) is 0 Å². The van der Waals surface area contributed by atoms with E-state index in [4.69, 9.17) is 18.9 Å². The molecule has 0 N–H and O–H groups in total. The number of carbonyl (C=O) groups is 1. The molecule has 0 aromatic heterocycles. The maximum atomic E-state index is 12.2. The molecule has 0 spiro atoms. The fourth-order valence-corrected chi connectivity index (χ4v) is 2.69. The van der Waals surface area contributed by atoms with Crippen LogP contribution in [0.15, 0.2) is 40.9 Å². The van der Waals surface area contributed by atoms with Crippen molar-refractivity contribution in [2.45, 2.75) is 6.61 Å². The van der Waals surface area contributed by atoms with Crippen molar-refractivity contribution in [1.29, 1.82) is 0 Å². The van der Waals surface area contributed by atoms with E-state index in [0.717, 1.165) is 10.0 Å². The lowest BCUT2D eigenvalue weighted by Gasteiger charge is -2.20. The maximum absolute atomic E-state index is 12.2. The van der Waals surface area contributed by atoms with Crippen LogP contribution >= 0.6 is 15.9 Å². The summed E-state index contributed by atoms with van der Waals surface area (Å²) in [6, 6.07) is 10.6. The van der Waals surface area contributed by atoms with Gasteiger partial charge in [-0.1, -0.05) is 28.1 Å². The summed E-state index contributed by atoms with van der Waals surface area (Å²) in [5.74, 6) is 1.38. The topological polar surface area (TPSA) is 54.0 Å². The number of rotatable bonds is 4. The zero-order chi connectivity index (χ0) is 16.2. The van der Waals surface area contributed by atoms with Gasteiger partial charge in [0.1, 0.15) is 31.1 Å². The molecule has 120 valence electrons. The van der Waals surface area contributed by atoms with E-state index in [1.807, 2.05) is 12.1 Å². The molecule has 0 bridgehead atoms. The minimum absolute atomic E-state index is 0.119. The van der Waals surface area contributed by atoms with Crippen molar-refractivity contribution in [3.05, 3.63) is 52.0 Å². The van der Waals surface area contributed by atoms with E-state index < -0.39 is 5.97 Å². The highest BCUT2D eigenvalue weighted by Crippen LogP contribution is 2.36. The molecule has 2 aromatic rings. The minimum atomic E-state index is -0.441. The van der Waals surface area contributed by atoms with Crippen molar-refractivity contribution in [2.24, 2.45) is 0 Å². The standard InChI is InChI=1S/C17H15BrO5/c1-20-14-5-3-2-4-12(14)17(19)23-10-11-8-15-16(9-13(11)18)22-7-6-21-15/h2-5,8-9H,6-7,10H2,1H3. The molecule has 6 heteroatoms. The zero-order valence-corrected chi connectivity index (χ0v) is 14.1. The smallest absolute Gasteiger partial charge is 0.342 e. The quantitative estimate of drug-likeness (QED) is 0.761. The van der Waals surface area contributed by atoms with Crippen molar-refractivity contribution in [3.8, 4) is 17.2 Å². The lowest BCUT2D eigenvalue weighted by Crippen LogP contribution is -2.16. The number of methoxy groups -OCH3 is 1. The number of esters is 1. The second-order valence-corrected chi connectivity index (χ2v) is 5.72. The number of para-hydroxylation sites is 1. The van der Waals surface area contributed by atoms with E-state index in [-0.39, 0.29) is 6.61 Å². The number of halogens is 1. The molecule has 3 rings (SSSR count). The molecule has 0 atom stereocenters. The molecule has 1 aliphatic heterocycles. The molecule has 0 radical (unpaired) electrons. The Kier molecular flexibility index (Phi) is 4.71. The van der Waals surface area contributed by atoms with Crippen molar-refractivity contribution in [3.63, 3.8) is 0 Å². The van der Waals surface area contributed by atoms with Crippen LogP contribution in [0.1, 0.15) is 15.9 Å². The Morgan fingerprint density at radius 1 is 1.17 bits per heavy atom. The Balaban J connectivity index is 1.74. The first-order chi connectivity index (χ1) is 11.2. The second kappa shape index (κ2) is 6.91. The SMILES string of the molecule is COc1ccccc1C(=O)OCc1cc2c(cc1Br)OCCO2. The number of hydrogen-bond donors (Lipinski definition) is 0. The van der Waals surface area contributed by atoms with Gasteiger partial charge in [-0.2, -0.15) is 0 Å². The van der Waals surface area contributed by atoms with Gasteiger partial charge in [-0.15, -0.1) is 0 Å². The summed E-state index contributed by atoms with van der Waals surface area (Å²) >= 11 is 3.46. The highest BCUT2D eigenvalue weighted by Gasteiger charge is 2.17. The first-order valence-corrected chi connectivity index (χ1v) is 7.86. The lowest BCUT2D eigenvalue weighted by atomic mass is 10.2. The van der Waals surface area contributed by atoms with E-state index >= 15 is 0 Å². The predicted octanol–water partition coefficient (Wildman–Crippen LogP) is 3.59. The Bertz CT molecular complexity index is 729. The number of hydrogen-bond acceptors (Lipinski definition) is 5. The van der Waals surface area contributed by atoms with Crippen molar-refractivity contribution in [2.75, 3.05) is 20.3 Å². The van der Waals surface area contributed by atoms with Crippen molar-refractivity contribution in [1.82, 2.24) is 0 Å². The normalized spacial score (nSPS) is 12.6. The molecule has 0 saturated carbocycles. The molecule has 0 unspecified atom stereocenters. The van der Waals surface area contributed by atoms with Crippen LogP contribution in [0.5, 0.6) is 17.2 Å². The zero-order valence-electron chi connectivity index (χ0n) is 12.5. The van der Waals surface area contributed by atoms with Gasteiger partial charge in [-0.25, -0.2) is 4.79 Å². The summed E-state index contributed by atoms with van der Waals surface area (Å²) in [6.45, 7) is 1.16. The molecular weight excluding hydrogens is 364 g/mol. The molecular formula is C17H15BrO5. The van der Waals surface area contributed by atoms with Gasteiger partial charge in [0.05, 0.1) is 7.11 Å². The highest BCUT2D eigenvalue weighted by molar-refractivity contribution is 9.10. The Morgan fingerprint density at radius 2 is 1.87 bits per heavy atom. The fraction of sp³-hybridized carbons (Fsp3) is 0.235.